The molecule has 36 heavy (non-hydrogen) atoms. The van der Waals surface area contributed by atoms with Crippen LogP contribution in [0.3, 0.4) is 0 Å². The van der Waals surface area contributed by atoms with Crippen LogP contribution in [0.4, 0.5) is 20.4 Å². The number of fused-ring (bicyclic) bond motifs is 1. The molecule has 1 fully saturated rings. The number of anilines is 2. The molecular weight excluding hydrogens is 466 g/mol. The van der Waals surface area contributed by atoms with Gasteiger partial charge < -0.3 is 15.5 Å². The molecule has 2 N–H and O–H groups in total. The minimum Gasteiger partial charge on any atom is -0.355 e. The van der Waals surface area contributed by atoms with E-state index in [1.54, 1.807) is 23.0 Å². The van der Waals surface area contributed by atoms with Crippen LogP contribution in [0.25, 0.3) is 16.7 Å². The number of pyridine rings is 1. The summed E-state index contributed by atoms with van der Waals surface area (Å²) in [6, 6.07) is 3.36. The van der Waals surface area contributed by atoms with Crippen LogP contribution in [-0.2, 0) is 10.7 Å². The summed E-state index contributed by atoms with van der Waals surface area (Å²) in [5, 5.41) is 11.3. The van der Waals surface area contributed by atoms with E-state index in [1.165, 1.54) is 6.92 Å². The number of hydrogen-bond acceptors (Lipinski definition) is 7. The van der Waals surface area contributed by atoms with E-state index >= 15 is 0 Å². The lowest BCUT2D eigenvalue weighted by Crippen LogP contribution is -2.19. The van der Waals surface area contributed by atoms with Gasteiger partial charge in [-0.1, -0.05) is 27.7 Å². The van der Waals surface area contributed by atoms with Gasteiger partial charge in [0.05, 0.1) is 10.9 Å². The minimum atomic E-state index is -3.19. The largest absolute Gasteiger partial charge is 0.355 e. The SMILES string of the molecule is CC(=O)Nc1cc2c(cn1)c(N1CCCC1)nn2-c1cc(C(C)C)nc(C(C)(F)F)n1.CCNCC. The molecule has 9 nitrogen and oxygen atoms in total. The summed E-state index contributed by atoms with van der Waals surface area (Å²) in [7, 11) is 0. The van der Waals surface area contributed by atoms with E-state index in [0.29, 0.717) is 17.0 Å². The van der Waals surface area contributed by atoms with Gasteiger partial charge in [-0.3, -0.25) is 4.79 Å². The van der Waals surface area contributed by atoms with Crippen molar-refractivity contribution in [1.29, 1.82) is 0 Å². The first-order valence-corrected chi connectivity index (χ1v) is 12.4. The maximum Gasteiger partial charge on any atom is 0.303 e. The minimum absolute atomic E-state index is 0.0701. The van der Waals surface area contributed by atoms with Crippen molar-refractivity contribution in [3.63, 3.8) is 0 Å². The van der Waals surface area contributed by atoms with Crippen molar-refractivity contribution >= 4 is 28.4 Å². The first kappa shape index (κ1) is 27.4. The maximum atomic E-state index is 14.1. The molecule has 3 aromatic rings. The molecule has 1 amide bonds. The first-order chi connectivity index (χ1) is 17.0. The molecule has 0 atom stereocenters. The first-order valence-electron chi connectivity index (χ1n) is 12.4. The van der Waals surface area contributed by atoms with Gasteiger partial charge in [0.25, 0.3) is 0 Å². The van der Waals surface area contributed by atoms with Gasteiger partial charge in [0.1, 0.15) is 5.82 Å². The van der Waals surface area contributed by atoms with Gasteiger partial charge in [-0.2, -0.15) is 8.78 Å². The average Bonchev–Trinajstić information content (AvgIpc) is 3.46. The van der Waals surface area contributed by atoms with Gasteiger partial charge in [0, 0.05) is 51.0 Å². The van der Waals surface area contributed by atoms with Crippen LogP contribution in [0.1, 0.15) is 71.8 Å². The summed E-state index contributed by atoms with van der Waals surface area (Å²) in [6.07, 6.45) is 3.77. The van der Waals surface area contributed by atoms with E-state index in [1.807, 2.05) is 13.8 Å². The van der Waals surface area contributed by atoms with E-state index in [4.69, 9.17) is 5.10 Å². The Labute approximate surface area is 210 Å². The highest BCUT2D eigenvalue weighted by Gasteiger charge is 2.30. The molecular formula is C25H36F2N8O. The van der Waals surface area contributed by atoms with Gasteiger partial charge in [0.2, 0.25) is 11.7 Å². The summed E-state index contributed by atoms with van der Waals surface area (Å²) < 4.78 is 29.8. The van der Waals surface area contributed by atoms with Crippen LogP contribution in [0.2, 0.25) is 0 Å². The highest BCUT2D eigenvalue weighted by molar-refractivity contribution is 5.95. The van der Waals surface area contributed by atoms with Crippen molar-refractivity contribution in [3.05, 3.63) is 29.8 Å². The maximum absolute atomic E-state index is 14.1. The number of rotatable bonds is 7. The molecule has 1 saturated heterocycles. The predicted octanol–water partition coefficient (Wildman–Crippen LogP) is 4.62. The zero-order valence-corrected chi connectivity index (χ0v) is 21.9. The molecule has 4 heterocycles. The van der Waals surface area contributed by atoms with Crippen LogP contribution in [0.5, 0.6) is 0 Å². The Hall–Kier alpha value is -3.21. The normalized spacial score (nSPS) is 13.8. The van der Waals surface area contributed by atoms with E-state index < -0.39 is 11.7 Å². The Morgan fingerprint density at radius 3 is 2.33 bits per heavy atom. The Morgan fingerprint density at radius 2 is 1.81 bits per heavy atom. The van der Waals surface area contributed by atoms with Crippen molar-refractivity contribution in [1.82, 2.24) is 30.0 Å². The van der Waals surface area contributed by atoms with E-state index in [2.05, 4.69) is 44.3 Å². The molecule has 1 aliphatic rings. The summed E-state index contributed by atoms with van der Waals surface area (Å²) in [4.78, 5) is 26.2. The highest BCUT2D eigenvalue weighted by atomic mass is 19.3. The topological polar surface area (TPSA) is 101 Å². The molecule has 0 saturated carbocycles. The van der Waals surface area contributed by atoms with Crippen molar-refractivity contribution < 1.29 is 13.6 Å². The predicted molar refractivity (Wildman–Crippen MR) is 138 cm³/mol. The lowest BCUT2D eigenvalue weighted by Gasteiger charge is -2.15. The molecule has 196 valence electrons. The highest BCUT2D eigenvalue weighted by Crippen LogP contribution is 2.32. The number of carbonyl (C=O) groups is 1. The number of aromatic nitrogens is 5. The fourth-order valence-electron chi connectivity index (χ4n) is 3.88. The summed E-state index contributed by atoms with van der Waals surface area (Å²) in [5.41, 5.74) is 1.13. The Morgan fingerprint density at radius 1 is 1.14 bits per heavy atom. The van der Waals surface area contributed by atoms with Crippen LogP contribution in [0, 0.1) is 0 Å². The number of hydrogen-bond donors (Lipinski definition) is 2. The van der Waals surface area contributed by atoms with Crippen LogP contribution in [-0.4, -0.2) is 56.8 Å². The molecule has 0 spiro atoms. The van der Waals surface area contributed by atoms with Gasteiger partial charge in [-0.15, -0.1) is 5.10 Å². The fourth-order valence-corrected chi connectivity index (χ4v) is 3.88. The van der Waals surface area contributed by atoms with E-state index in [-0.39, 0.29) is 17.6 Å². The molecule has 1 aliphatic heterocycles. The van der Waals surface area contributed by atoms with Crippen LogP contribution < -0.4 is 15.5 Å². The second-order valence-corrected chi connectivity index (χ2v) is 9.17. The van der Waals surface area contributed by atoms with Crippen LogP contribution in [0.15, 0.2) is 18.3 Å². The zero-order chi connectivity index (χ0) is 26.5. The number of nitrogens with zero attached hydrogens (tertiary/aromatic N) is 6. The Bertz CT molecular complexity index is 1180. The van der Waals surface area contributed by atoms with E-state index in [0.717, 1.165) is 57.1 Å². The summed E-state index contributed by atoms with van der Waals surface area (Å²) >= 11 is 0. The van der Waals surface area contributed by atoms with Gasteiger partial charge in [0.15, 0.2) is 11.6 Å². The summed E-state index contributed by atoms with van der Waals surface area (Å²) in [5.74, 6) is -2.73. The van der Waals surface area contributed by atoms with Gasteiger partial charge >= 0.3 is 5.92 Å². The Balaban J connectivity index is 0.000000658. The Kier molecular flexibility index (Phi) is 8.89. The summed E-state index contributed by atoms with van der Waals surface area (Å²) in [6.45, 7) is 14.1. The standard InChI is InChI=1S/C21H25F2N7O.C4H11N/c1-12(2)15-9-18(27-20(26-15)21(4,22)23)30-16-10-17(25-13(3)31)24-11-14(16)19(28-30)29-7-5-6-8-29;1-3-5-4-2/h9-12H,5-8H2,1-4H3,(H,24,25,31);5H,3-4H2,1-2H3. The lowest BCUT2D eigenvalue weighted by atomic mass is 10.1. The monoisotopic (exact) mass is 502 g/mol. The molecule has 0 unspecified atom stereocenters. The van der Waals surface area contributed by atoms with Crippen molar-refractivity contribution in [3.8, 4) is 5.82 Å². The number of carbonyl (C=O) groups excluding carboxylic acids is 1. The van der Waals surface area contributed by atoms with Crippen molar-refractivity contribution in [2.45, 2.75) is 66.2 Å². The quantitative estimate of drug-likeness (QED) is 0.486. The number of alkyl halides is 2. The molecule has 0 aliphatic carbocycles. The second kappa shape index (κ2) is 11.7. The lowest BCUT2D eigenvalue weighted by molar-refractivity contribution is -0.114. The zero-order valence-electron chi connectivity index (χ0n) is 21.9. The number of nitrogens with one attached hydrogen (secondary N) is 2. The van der Waals surface area contributed by atoms with Crippen LogP contribution >= 0.6 is 0 Å². The number of amides is 1. The fraction of sp³-hybridized carbons (Fsp3) is 0.560. The number of halogens is 2. The van der Waals surface area contributed by atoms with Crippen molar-refractivity contribution in [2.24, 2.45) is 0 Å². The van der Waals surface area contributed by atoms with E-state index in [9.17, 15) is 13.6 Å². The molecule has 4 rings (SSSR count). The molecule has 0 bridgehead atoms. The smallest absolute Gasteiger partial charge is 0.303 e. The average molecular weight is 503 g/mol. The van der Waals surface area contributed by atoms with Gasteiger partial charge in [-0.05, 0) is 31.8 Å². The third-order valence-corrected chi connectivity index (χ3v) is 5.69. The second-order valence-electron chi connectivity index (χ2n) is 9.17. The molecule has 11 heteroatoms. The van der Waals surface area contributed by atoms with Crippen molar-refractivity contribution in [2.75, 3.05) is 36.4 Å². The molecule has 0 radical (unpaired) electrons. The third-order valence-electron chi connectivity index (χ3n) is 5.69. The molecule has 0 aromatic carbocycles. The third kappa shape index (κ3) is 6.51. The van der Waals surface area contributed by atoms with Gasteiger partial charge in [-0.25, -0.2) is 19.6 Å². The molecule has 3 aromatic heterocycles.